The first kappa shape index (κ1) is 21.7. The Morgan fingerprint density at radius 1 is 0.933 bits per heavy atom. The maximum absolute atomic E-state index is 12.9. The first-order valence-electron chi connectivity index (χ1n) is 10.3. The second-order valence-corrected chi connectivity index (χ2v) is 12.2. The minimum atomic E-state index is -3.50. The number of hydrogen-bond donors (Lipinski definition) is 1. The standard InChI is InChI=1S/C22H26N2O3S3/c25-21(23-19-7-5-6-18(16-19)22-28-14-15-29-22)17-8-10-20(11-9-17)30(26,27)24-12-3-1-2-4-13-24/h5-11,16,22H,1-4,12-15H2,(H,23,25). The van der Waals surface area contributed by atoms with E-state index in [0.29, 0.717) is 23.2 Å². The monoisotopic (exact) mass is 462 g/mol. The van der Waals surface area contributed by atoms with Gasteiger partial charge in [-0.1, -0.05) is 25.0 Å². The summed E-state index contributed by atoms with van der Waals surface area (Å²) in [6.45, 7) is 1.14. The number of carbonyl (C=O) groups is 1. The van der Waals surface area contributed by atoms with E-state index in [1.807, 2.05) is 41.7 Å². The number of anilines is 1. The number of thioether (sulfide) groups is 2. The van der Waals surface area contributed by atoms with Crippen LogP contribution >= 0.6 is 23.5 Å². The van der Waals surface area contributed by atoms with Crippen molar-refractivity contribution in [2.24, 2.45) is 0 Å². The van der Waals surface area contributed by atoms with Crippen LogP contribution in [-0.2, 0) is 10.0 Å². The number of rotatable bonds is 5. The third-order valence-corrected chi connectivity index (χ3v) is 10.4. The summed E-state index contributed by atoms with van der Waals surface area (Å²) < 4.78 is 27.8. The van der Waals surface area contributed by atoms with Gasteiger partial charge in [0.05, 0.1) is 9.48 Å². The van der Waals surface area contributed by atoms with Crippen molar-refractivity contribution in [3.05, 3.63) is 59.7 Å². The topological polar surface area (TPSA) is 66.5 Å². The van der Waals surface area contributed by atoms with Gasteiger partial charge in [0, 0.05) is 35.8 Å². The Balaban J connectivity index is 1.45. The number of amides is 1. The van der Waals surface area contributed by atoms with Crippen LogP contribution in [0.4, 0.5) is 5.69 Å². The highest BCUT2D eigenvalue weighted by Crippen LogP contribution is 2.45. The third-order valence-electron chi connectivity index (χ3n) is 5.36. The Morgan fingerprint density at radius 3 is 2.27 bits per heavy atom. The Bertz CT molecular complexity index is 979. The van der Waals surface area contributed by atoms with Crippen LogP contribution in [0.3, 0.4) is 0 Å². The predicted octanol–water partition coefficient (Wildman–Crippen LogP) is 4.98. The van der Waals surface area contributed by atoms with Crippen molar-refractivity contribution in [1.29, 1.82) is 0 Å². The highest BCUT2D eigenvalue weighted by molar-refractivity contribution is 8.19. The normalized spacial score (nSPS) is 18.8. The second kappa shape index (κ2) is 9.77. The molecule has 0 unspecified atom stereocenters. The van der Waals surface area contributed by atoms with Gasteiger partial charge in [-0.3, -0.25) is 4.79 Å². The van der Waals surface area contributed by atoms with Gasteiger partial charge in [-0.2, -0.15) is 4.31 Å². The van der Waals surface area contributed by atoms with Crippen molar-refractivity contribution in [2.45, 2.75) is 35.2 Å². The second-order valence-electron chi connectivity index (χ2n) is 7.50. The van der Waals surface area contributed by atoms with E-state index in [0.717, 1.165) is 42.9 Å². The Kier molecular flexibility index (Phi) is 7.08. The number of carbonyl (C=O) groups excluding carboxylic acids is 1. The smallest absolute Gasteiger partial charge is 0.255 e. The first-order chi connectivity index (χ1) is 14.5. The number of benzene rings is 2. The van der Waals surface area contributed by atoms with Crippen molar-refractivity contribution in [3.8, 4) is 0 Å². The lowest BCUT2D eigenvalue weighted by Gasteiger charge is -2.20. The molecule has 2 heterocycles. The van der Waals surface area contributed by atoms with Crippen LogP contribution in [0.25, 0.3) is 0 Å². The molecule has 160 valence electrons. The summed E-state index contributed by atoms with van der Waals surface area (Å²) in [4.78, 5) is 12.9. The lowest BCUT2D eigenvalue weighted by Crippen LogP contribution is -2.31. The average Bonchev–Trinajstić information content (AvgIpc) is 3.16. The first-order valence-corrected chi connectivity index (χ1v) is 13.8. The number of nitrogens with zero attached hydrogens (tertiary/aromatic N) is 1. The van der Waals surface area contributed by atoms with Gasteiger partial charge in [0.2, 0.25) is 10.0 Å². The molecule has 0 aromatic heterocycles. The third kappa shape index (κ3) is 5.04. The molecule has 2 aromatic rings. The van der Waals surface area contributed by atoms with E-state index in [-0.39, 0.29) is 10.8 Å². The van der Waals surface area contributed by atoms with Crippen LogP contribution in [0.15, 0.2) is 53.4 Å². The molecule has 2 aliphatic heterocycles. The predicted molar refractivity (Wildman–Crippen MR) is 126 cm³/mol. The zero-order chi connectivity index (χ0) is 21.0. The van der Waals surface area contributed by atoms with E-state index < -0.39 is 10.0 Å². The number of sulfonamides is 1. The molecule has 4 rings (SSSR count). The van der Waals surface area contributed by atoms with Crippen molar-refractivity contribution in [2.75, 3.05) is 29.9 Å². The summed E-state index contributed by atoms with van der Waals surface area (Å²) in [7, 11) is -3.50. The van der Waals surface area contributed by atoms with E-state index in [2.05, 4.69) is 11.4 Å². The Hall–Kier alpha value is -1.48. The summed E-state index contributed by atoms with van der Waals surface area (Å²) in [5, 5.41) is 2.93. The van der Waals surface area contributed by atoms with E-state index in [1.165, 1.54) is 17.7 Å². The lowest BCUT2D eigenvalue weighted by molar-refractivity contribution is 0.102. The molecular formula is C22H26N2O3S3. The summed E-state index contributed by atoms with van der Waals surface area (Å²) >= 11 is 3.85. The molecule has 8 heteroatoms. The fourth-order valence-corrected chi connectivity index (χ4v) is 8.08. The Morgan fingerprint density at radius 2 is 1.60 bits per heavy atom. The average molecular weight is 463 g/mol. The minimum absolute atomic E-state index is 0.238. The van der Waals surface area contributed by atoms with Crippen molar-refractivity contribution < 1.29 is 13.2 Å². The van der Waals surface area contributed by atoms with Gasteiger partial charge in [0.15, 0.2) is 0 Å². The van der Waals surface area contributed by atoms with Crippen molar-refractivity contribution in [1.82, 2.24) is 4.31 Å². The van der Waals surface area contributed by atoms with Crippen molar-refractivity contribution in [3.63, 3.8) is 0 Å². The molecule has 0 saturated carbocycles. The van der Waals surface area contributed by atoms with Gasteiger partial charge in [-0.05, 0) is 54.8 Å². The maximum Gasteiger partial charge on any atom is 0.255 e. The molecule has 30 heavy (non-hydrogen) atoms. The molecule has 1 amide bonds. The lowest BCUT2D eigenvalue weighted by atomic mass is 10.2. The highest BCUT2D eigenvalue weighted by atomic mass is 32.2. The van der Waals surface area contributed by atoms with E-state index >= 15 is 0 Å². The Labute approximate surface area is 187 Å². The maximum atomic E-state index is 12.9. The molecule has 0 atom stereocenters. The van der Waals surface area contributed by atoms with Crippen molar-refractivity contribution >= 4 is 45.1 Å². The van der Waals surface area contributed by atoms with Crippen LogP contribution in [0.5, 0.6) is 0 Å². The van der Waals surface area contributed by atoms with Crippen LogP contribution in [0, 0.1) is 0 Å². The number of nitrogens with one attached hydrogen (secondary N) is 1. The molecule has 0 bridgehead atoms. The minimum Gasteiger partial charge on any atom is -0.322 e. The largest absolute Gasteiger partial charge is 0.322 e. The molecule has 5 nitrogen and oxygen atoms in total. The van der Waals surface area contributed by atoms with Gasteiger partial charge in [0.1, 0.15) is 0 Å². The van der Waals surface area contributed by atoms with Gasteiger partial charge in [-0.25, -0.2) is 8.42 Å². The molecule has 2 fully saturated rings. The van der Waals surface area contributed by atoms with E-state index in [1.54, 1.807) is 16.4 Å². The van der Waals surface area contributed by atoms with Gasteiger partial charge >= 0.3 is 0 Å². The quantitative estimate of drug-likeness (QED) is 0.679. The van der Waals surface area contributed by atoms with Crippen LogP contribution in [0.1, 0.15) is 46.2 Å². The van der Waals surface area contributed by atoms with Crippen LogP contribution in [-0.4, -0.2) is 43.2 Å². The zero-order valence-electron chi connectivity index (χ0n) is 16.7. The summed E-state index contributed by atoms with van der Waals surface area (Å²) in [6, 6.07) is 14.2. The number of hydrogen-bond acceptors (Lipinski definition) is 5. The fraction of sp³-hybridized carbons (Fsp3) is 0.409. The van der Waals surface area contributed by atoms with Crippen LogP contribution < -0.4 is 5.32 Å². The molecule has 2 aliphatic rings. The van der Waals surface area contributed by atoms with Crippen LogP contribution in [0.2, 0.25) is 0 Å². The highest BCUT2D eigenvalue weighted by Gasteiger charge is 2.25. The molecule has 0 radical (unpaired) electrons. The zero-order valence-corrected chi connectivity index (χ0v) is 19.2. The van der Waals surface area contributed by atoms with Gasteiger partial charge < -0.3 is 5.32 Å². The molecular weight excluding hydrogens is 436 g/mol. The summed E-state index contributed by atoms with van der Waals surface area (Å²) in [5.41, 5.74) is 2.41. The summed E-state index contributed by atoms with van der Waals surface area (Å²) in [6.07, 6.45) is 3.95. The summed E-state index contributed by atoms with van der Waals surface area (Å²) in [5.74, 6) is 2.06. The van der Waals surface area contributed by atoms with E-state index in [9.17, 15) is 13.2 Å². The molecule has 0 spiro atoms. The van der Waals surface area contributed by atoms with Gasteiger partial charge in [-0.15, -0.1) is 23.5 Å². The fourth-order valence-electron chi connectivity index (χ4n) is 3.73. The SMILES string of the molecule is O=C(Nc1cccc(C2SCCS2)c1)c1ccc(S(=O)(=O)N2CCCCCC2)cc1. The molecule has 2 saturated heterocycles. The van der Waals surface area contributed by atoms with E-state index in [4.69, 9.17) is 0 Å². The molecule has 0 aliphatic carbocycles. The molecule has 2 aromatic carbocycles. The molecule has 1 N–H and O–H groups in total. The van der Waals surface area contributed by atoms with Gasteiger partial charge in [0.25, 0.3) is 5.91 Å².